The van der Waals surface area contributed by atoms with Crippen molar-refractivity contribution < 1.29 is 14.3 Å². The molecule has 1 saturated heterocycles. The highest BCUT2D eigenvalue weighted by molar-refractivity contribution is 6.37. The number of benzene rings is 1. The molecule has 0 radical (unpaired) electrons. The molecule has 1 N–H and O–H groups in total. The van der Waals surface area contributed by atoms with Crippen molar-refractivity contribution in [3.8, 4) is 0 Å². The van der Waals surface area contributed by atoms with Gasteiger partial charge in [-0.25, -0.2) is 0 Å². The maximum atomic E-state index is 11.8. The number of carbonyl (C=O) groups is 2. The number of hydrogen-bond donors (Lipinski definition) is 1. The molecule has 0 aromatic heterocycles. The normalized spacial score (nSPS) is 23.2. The molecule has 4 nitrogen and oxygen atoms in total. The molecule has 2 amide bonds. The number of ether oxygens (including phenoxy) is 1. The minimum atomic E-state index is -0.832. The van der Waals surface area contributed by atoms with Crippen LogP contribution >= 0.6 is 11.6 Å². The van der Waals surface area contributed by atoms with E-state index in [1.54, 1.807) is 7.11 Å². The molecule has 1 aromatic rings. The Morgan fingerprint density at radius 1 is 1.28 bits per heavy atom. The number of amides is 2. The molecule has 0 saturated carbocycles. The summed E-state index contributed by atoms with van der Waals surface area (Å²) in [5, 5.41) is 1.43. The minimum Gasteiger partial charge on any atom is -0.384 e. The van der Waals surface area contributed by atoms with E-state index in [9.17, 15) is 9.59 Å². The Labute approximate surface area is 110 Å². The zero-order valence-corrected chi connectivity index (χ0v) is 10.7. The van der Waals surface area contributed by atoms with Gasteiger partial charge in [-0.15, -0.1) is 11.6 Å². The first-order valence-corrected chi connectivity index (χ1v) is 6.14. The van der Waals surface area contributed by atoms with E-state index < -0.39 is 17.2 Å². The molecular weight excluding hydrogens is 254 g/mol. The van der Waals surface area contributed by atoms with Crippen LogP contribution in [0.5, 0.6) is 0 Å². The van der Waals surface area contributed by atoms with Gasteiger partial charge >= 0.3 is 0 Å². The molecule has 0 aliphatic carbocycles. The van der Waals surface area contributed by atoms with Gasteiger partial charge in [-0.2, -0.15) is 0 Å². The Hall–Kier alpha value is -1.39. The fourth-order valence-electron chi connectivity index (χ4n) is 2.13. The lowest BCUT2D eigenvalue weighted by atomic mass is 9.91. The molecule has 1 aliphatic rings. The topological polar surface area (TPSA) is 55.4 Å². The highest BCUT2D eigenvalue weighted by atomic mass is 35.5. The van der Waals surface area contributed by atoms with Gasteiger partial charge in [-0.1, -0.05) is 24.3 Å². The molecule has 5 heteroatoms. The fraction of sp³-hybridized carbons (Fsp3) is 0.385. The Bertz CT molecular complexity index is 475. The van der Waals surface area contributed by atoms with Crippen LogP contribution in [0.2, 0.25) is 0 Å². The third kappa shape index (κ3) is 2.40. The van der Waals surface area contributed by atoms with E-state index in [0.717, 1.165) is 11.1 Å². The van der Waals surface area contributed by atoms with Gasteiger partial charge in [-0.3, -0.25) is 14.9 Å². The first-order chi connectivity index (χ1) is 8.65. The van der Waals surface area contributed by atoms with Gasteiger partial charge in [0.1, 0.15) is 5.38 Å². The average Bonchev–Trinajstić information content (AvgIpc) is 2.61. The zero-order valence-electron chi connectivity index (χ0n) is 9.98. The Kier molecular flexibility index (Phi) is 3.99. The third-order valence-corrected chi connectivity index (χ3v) is 3.49. The highest BCUT2D eigenvalue weighted by Gasteiger charge is 2.42. The number of rotatable bonds is 4. The molecule has 1 aromatic carbocycles. The van der Waals surface area contributed by atoms with Gasteiger partial charge in [0.2, 0.25) is 11.8 Å². The Morgan fingerprint density at radius 2 is 2.00 bits per heavy atom. The number of methoxy groups -OCH3 is 1. The summed E-state index contributed by atoms with van der Waals surface area (Å²) in [5.41, 5.74) is 1.79. The summed E-state index contributed by atoms with van der Waals surface area (Å²) in [6, 6.07) is 7.50. The van der Waals surface area contributed by atoms with Gasteiger partial charge in [0.15, 0.2) is 0 Å². The predicted octanol–water partition coefficient (Wildman–Crippen LogP) is 1.22. The molecular formula is C13H14ClNO3. The number of imide groups is 1. The van der Waals surface area contributed by atoms with Crippen LogP contribution < -0.4 is 5.32 Å². The number of halogens is 1. The lowest BCUT2D eigenvalue weighted by molar-refractivity contribution is -0.125. The molecule has 18 heavy (non-hydrogen) atoms. The lowest BCUT2D eigenvalue weighted by Gasteiger charge is -2.15. The molecule has 2 rings (SSSR count). The van der Waals surface area contributed by atoms with Crippen LogP contribution in [0, 0.1) is 0 Å². The zero-order chi connectivity index (χ0) is 13.1. The third-order valence-electron chi connectivity index (χ3n) is 3.04. The monoisotopic (exact) mass is 267 g/mol. The average molecular weight is 268 g/mol. The molecule has 0 bridgehead atoms. The Balaban J connectivity index is 2.32. The first-order valence-electron chi connectivity index (χ1n) is 5.70. The number of nitrogens with one attached hydrogen (secondary N) is 1. The van der Waals surface area contributed by atoms with E-state index in [2.05, 4.69) is 5.32 Å². The van der Waals surface area contributed by atoms with E-state index in [0.29, 0.717) is 13.0 Å². The van der Waals surface area contributed by atoms with Gasteiger partial charge in [0.05, 0.1) is 12.5 Å². The van der Waals surface area contributed by atoms with Crippen molar-refractivity contribution >= 4 is 23.4 Å². The van der Waals surface area contributed by atoms with Crippen molar-refractivity contribution in [3.63, 3.8) is 0 Å². The quantitative estimate of drug-likeness (QED) is 0.659. The lowest BCUT2D eigenvalue weighted by Crippen LogP contribution is -2.22. The largest absolute Gasteiger partial charge is 0.384 e. The van der Waals surface area contributed by atoms with Crippen molar-refractivity contribution in [3.05, 3.63) is 35.4 Å². The second-order valence-corrected chi connectivity index (χ2v) is 4.64. The summed E-state index contributed by atoms with van der Waals surface area (Å²) < 4.78 is 5.04. The molecule has 96 valence electrons. The Morgan fingerprint density at radius 3 is 2.61 bits per heavy atom. The highest BCUT2D eigenvalue weighted by Crippen LogP contribution is 2.31. The summed E-state index contributed by atoms with van der Waals surface area (Å²) in [5.74, 6) is -1.36. The van der Waals surface area contributed by atoms with Crippen LogP contribution in [0.4, 0.5) is 0 Å². The van der Waals surface area contributed by atoms with Crippen LogP contribution in [0.25, 0.3) is 0 Å². The number of hydrogen-bond acceptors (Lipinski definition) is 3. The van der Waals surface area contributed by atoms with E-state index in [-0.39, 0.29) is 5.91 Å². The van der Waals surface area contributed by atoms with Crippen molar-refractivity contribution in [1.82, 2.24) is 5.32 Å². The minimum absolute atomic E-state index is 0.329. The molecule has 1 heterocycles. The van der Waals surface area contributed by atoms with Crippen LogP contribution in [-0.2, 0) is 20.7 Å². The summed E-state index contributed by atoms with van der Waals surface area (Å²) in [6.45, 7) is 0.562. The maximum absolute atomic E-state index is 11.8. The van der Waals surface area contributed by atoms with Crippen molar-refractivity contribution in [2.75, 3.05) is 13.7 Å². The van der Waals surface area contributed by atoms with Gasteiger partial charge < -0.3 is 4.74 Å². The van der Waals surface area contributed by atoms with E-state index in [1.807, 2.05) is 24.3 Å². The van der Waals surface area contributed by atoms with Crippen LogP contribution in [-0.4, -0.2) is 30.9 Å². The first kappa shape index (κ1) is 13.1. The van der Waals surface area contributed by atoms with Gasteiger partial charge in [-0.05, 0) is 17.5 Å². The molecule has 2 unspecified atom stereocenters. The second-order valence-electron chi connectivity index (χ2n) is 4.17. The molecule has 1 aliphatic heterocycles. The van der Waals surface area contributed by atoms with Crippen molar-refractivity contribution in [2.24, 2.45) is 0 Å². The van der Waals surface area contributed by atoms with Gasteiger partial charge in [0, 0.05) is 7.11 Å². The summed E-state index contributed by atoms with van der Waals surface area (Å²) in [7, 11) is 1.62. The fourth-order valence-corrected chi connectivity index (χ4v) is 2.43. The summed E-state index contributed by atoms with van der Waals surface area (Å²) >= 11 is 6.00. The van der Waals surface area contributed by atoms with Crippen molar-refractivity contribution in [1.29, 1.82) is 0 Å². The number of carbonyl (C=O) groups excluding carboxylic acids is 2. The predicted molar refractivity (Wildman–Crippen MR) is 67.6 cm³/mol. The van der Waals surface area contributed by atoms with Gasteiger partial charge in [0.25, 0.3) is 0 Å². The summed E-state index contributed by atoms with van der Waals surface area (Å²) in [4.78, 5) is 23.2. The molecule has 2 atom stereocenters. The van der Waals surface area contributed by atoms with E-state index in [4.69, 9.17) is 16.3 Å². The van der Waals surface area contributed by atoms with E-state index in [1.165, 1.54) is 0 Å². The van der Waals surface area contributed by atoms with E-state index >= 15 is 0 Å². The molecule has 0 spiro atoms. The van der Waals surface area contributed by atoms with Crippen LogP contribution in [0.3, 0.4) is 0 Å². The second kappa shape index (κ2) is 5.50. The maximum Gasteiger partial charge on any atom is 0.245 e. The summed E-state index contributed by atoms with van der Waals surface area (Å²) in [6.07, 6.45) is 0.689. The SMILES string of the molecule is COCCc1ccccc1C1C(=O)NC(=O)C1Cl. The number of alkyl halides is 1. The smallest absolute Gasteiger partial charge is 0.245 e. The standard InChI is InChI=1S/C13H14ClNO3/c1-18-7-6-8-4-2-3-5-9(8)10-11(14)13(17)15-12(10)16/h2-5,10-11H,6-7H2,1H3,(H,15,16,17). The van der Waals surface area contributed by atoms with Crippen LogP contribution in [0.15, 0.2) is 24.3 Å². The van der Waals surface area contributed by atoms with Crippen LogP contribution in [0.1, 0.15) is 17.0 Å². The molecule has 1 fully saturated rings. The van der Waals surface area contributed by atoms with Crippen molar-refractivity contribution in [2.45, 2.75) is 17.7 Å².